The highest BCUT2D eigenvalue weighted by Gasteiger charge is 2.33. The van der Waals surface area contributed by atoms with Crippen LogP contribution in [0.4, 0.5) is 0 Å². The van der Waals surface area contributed by atoms with Crippen LogP contribution in [0, 0.1) is 0 Å². The van der Waals surface area contributed by atoms with Crippen LogP contribution in [-0.4, -0.2) is 30.6 Å². The summed E-state index contributed by atoms with van der Waals surface area (Å²) >= 11 is 6.06. The van der Waals surface area contributed by atoms with E-state index in [4.69, 9.17) is 16.3 Å². The molecule has 0 fully saturated rings. The maximum atomic E-state index is 6.06. The zero-order valence-electron chi connectivity index (χ0n) is 14.2. The molecule has 2 aromatic carbocycles. The first-order valence-corrected chi connectivity index (χ1v) is 8.39. The minimum absolute atomic E-state index is 0.612. The molecule has 0 spiro atoms. The molecule has 4 nitrogen and oxygen atoms in total. The van der Waals surface area contributed by atoms with Gasteiger partial charge < -0.3 is 9.73 Å². The van der Waals surface area contributed by atoms with Crippen molar-refractivity contribution in [1.29, 1.82) is 0 Å². The molecule has 0 aliphatic rings. The van der Waals surface area contributed by atoms with Crippen molar-refractivity contribution in [3.63, 3.8) is 0 Å². The number of rotatable bonds is 6. The Morgan fingerprint density at radius 3 is 2.24 bits per heavy atom. The molecule has 1 aromatic heterocycles. The molecular weight excluding hydrogens is 334 g/mol. The summed E-state index contributed by atoms with van der Waals surface area (Å²) < 4.78 is 6.03. The van der Waals surface area contributed by atoms with Crippen molar-refractivity contribution in [3.8, 4) is 11.1 Å². The summed E-state index contributed by atoms with van der Waals surface area (Å²) in [4.78, 5) is 4.15. The van der Waals surface area contributed by atoms with Crippen LogP contribution < -0.4 is 0 Å². The molecule has 0 bridgehead atoms. The van der Waals surface area contributed by atoms with Gasteiger partial charge in [-0.05, 0) is 28.8 Å². The van der Waals surface area contributed by atoms with E-state index >= 15 is 0 Å². The number of aromatic amines is 1. The van der Waals surface area contributed by atoms with Gasteiger partial charge in [0.2, 0.25) is 0 Å². The van der Waals surface area contributed by atoms with Crippen molar-refractivity contribution in [2.24, 2.45) is 4.99 Å². The zero-order chi connectivity index (χ0) is 17.7. The number of nitrogens with one attached hydrogen (secondary N) is 1. The van der Waals surface area contributed by atoms with Gasteiger partial charge >= 0.3 is 0 Å². The molecule has 5 heteroatoms. The first kappa shape index (κ1) is 17.4. The second kappa shape index (κ2) is 7.64. The van der Waals surface area contributed by atoms with Crippen LogP contribution in [0.5, 0.6) is 0 Å². The highest BCUT2D eigenvalue weighted by atomic mass is 35.5. The largest absolute Gasteiger partial charge is 0.368 e. The molecule has 0 aliphatic carbocycles. The van der Waals surface area contributed by atoms with Gasteiger partial charge in [0, 0.05) is 43.6 Å². The second-order valence-electron chi connectivity index (χ2n) is 5.75. The second-order valence-corrected chi connectivity index (χ2v) is 6.18. The van der Waals surface area contributed by atoms with Crippen LogP contribution in [0.1, 0.15) is 17.5 Å². The van der Waals surface area contributed by atoms with E-state index in [0.717, 1.165) is 22.3 Å². The first-order chi connectivity index (χ1) is 12.2. The van der Waals surface area contributed by atoms with E-state index in [1.54, 1.807) is 14.2 Å². The van der Waals surface area contributed by atoms with Gasteiger partial charge in [0.1, 0.15) is 5.60 Å². The van der Waals surface area contributed by atoms with E-state index in [9.17, 15) is 0 Å². The van der Waals surface area contributed by atoms with Gasteiger partial charge in [-0.25, -0.2) is 0 Å². The molecule has 1 heterocycles. The summed E-state index contributed by atoms with van der Waals surface area (Å²) in [5, 5.41) is 7.54. The molecule has 0 aliphatic heterocycles. The number of ether oxygens (including phenoxy) is 1. The highest BCUT2D eigenvalue weighted by Crippen LogP contribution is 2.37. The molecule has 1 atom stereocenters. The maximum absolute atomic E-state index is 6.06. The smallest absolute Gasteiger partial charge is 0.123 e. The van der Waals surface area contributed by atoms with Gasteiger partial charge in [0.25, 0.3) is 0 Å². The lowest BCUT2D eigenvalue weighted by atomic mass is 9.83. The van der Waals surface area contributed by atoms with Crippen molar-refractivity contribution in [1.82, 2.24) is 10.2 Å². The molecule has 0 radical (unpaired) electrons. The van der Waals surface area contributed by atoms with E-state index in [1.165, 1.54) is 0 Å². The number of methoxy groups -OCH3 is 1. The van der Waals surface area contributed by atoms with Crippen molar-refractivity contribution >= 4 is 17.8 Å². The van der Waals surface area contributed by atoms with E-state index < -0.39 is 5.60 Å². The van der Waals surface area contributed by atoms with Crippen LogP contribution in [0.15, 0.2) is 65.9 Å². The van der Waals surface area contributed by atoms with Crippen LogP contribution in [0.25, 0.3) is 11.1 Å². The van der Waals surface area contributed by atoms with Crippen LogP contribution in [0.3, 0.4) is 0 Å². The molecule has 3 rings (SSSR count). The molecule has 0 saturated heterocycles. The fraction of sp³-hybridized carbons (Fsp3) is 0.200. The third-order valence-corrected chi connectivity index (χ3v) is 4.66. The van der Waals surface area contributed by atoms with E-state index in [0.29, 0.717) is 11.4 Å². The van der Waals surface area contributed by atoms with Crippen molar-refractivity contribution in [2.45, 2.75) is 12.0 Å². The fourth-order valence-electron chi connectivity index (χ4n) is 3.00. The zero-order valence-corrected chi connectivity index (χ0v) is 15.0. The average molecular weight is 354 g/mol. The Morgan fingerprint density at radius 2 is 1.72 bits per heavy atom. The monoisotopic (exact) mass is 353 g/mol. The normalized spacial score (nSPS) is 13.9. The van der Waals surface area contributed by atoms with Crippen LogP contribution in [-0.2, 0) is 10.3 Å². The van der Waals surface area contributed by atoms with Gasteiger partial charge in [0.05, 0.1) is 6.20 Å². The summed E-state index contributed by atoms with van der Waals surface area (Å²) in [6, 6.07) is 16.1. The summed E-state index contributed by atoms with van der Waals surface area (Å²) in [6.45, 7) is 0. The Balaban J connectivity index is 2.05. The van der Waals surface area contributed by atoms with Gasteiger partial charge in [-0.2, -0.15) is 5.10 Å². The minimum Gasteiger partial charge on any atom is -0.368 e. The van der Waals surface area contributed by atoms with E-state index in [2.05, 4.69) is 39.5 Å². The van der Waals surface area contributed by atoms with Gasteiger partial charge in [0.15, 0.2) is 0 Å². The van der Waals surface area contributed by atoms with Crippen LogP contribution >= 0.6 is 11.6 Å². The number of hydrogen-bond acceptors (Lipinski definition) is 3. The highest BCUT2D eigenvalue weighted by molar-refractivity contribution is 6.30. The third kappa shape index (κ3) is 3.50. The predicted molar refractivity (Wildman–Crippen MR) is 102 cm³/mol. The Morgan fingerprint density at radius 1 is 1.08 bits per heavy atom. The number of aromatic nitrogens is 2. The number of aliphatic imine (C=N–C) groups is 1. The topological polar surface area (TPSA) is 50.3 Å². The van der Waals surface area contributed by atoms with E-state index in [1.807, 2.05) is 42.9 Å². The number of hydrogen-bond donors (Lipinski definition) is 1. The number of H-pyrrole nitrogens is 1. The molecule has 0 saturated carbocycles. The number of halogens is 1. The Hall–Kier alpha value is -2.43. The summed E-state index contributed by atoms with van der Waals surface area (Å²) in [6.07, 6.45) is 6.19. The molecule has 128 valence electrons. The maximum Gasteiger partial charge on any atom is 0.123 e. The summed E-state index contributed by atoms with van der Waals surface area (Å²) in [5.41, 5.74) is 3.64. The first-order valence-electron chi connectivity index (χ1n) is 8.01. The molecular formula is C20H20ClN3O. The lowest BCUT2D eigenvalue weighted by molar-refractivity contribution is 0.0293. The molecule has 3 aromatic rings. The summed E-state index contributed by atoms with van der Waals surface area (Å²) in [7, 11) is 3.49. The Labute approximate surface area is 152 Å². The van der Waals surface area contributed by atoms with Gasteiger partial charge in [-0.1, -0.05) is 48.0 Å². The lowest BCUT2D eigenvalue weighted by Crippen LogP contribution is -2.30. The van der Waals surface area contributed by atoms with Crippen molar-refractivity contribution in [3.05, 3.63) is 77.1 Å². The molecule has 1 unspecified atom stereocenters. The van der Waals surface area contributed by atoms with E-state index in [-0.39, 0.29) is 0 Å². The Kier molecular flexibility index (Phi) is 5.31. The fourth-order valence-corrected chi connectivity index (χ4v) is 3.13. The van der Waals surface area contributed by atoms with Crippen LogP contribution in [0.2, 0.25) is 5.02 Å². The number of benzene rings is 2. The molecule has 1 N–H and O–H groups in total. The quantitative estimate of drug-likeness (QED) is 0.652. The predicted octanol–water partition coefficient (Wildman–Crippen LogP) is 4.71. The lowest BCUT2D eigenvalue weighted by Gasteiger charge is -2.33. The third-order valence-electron chi connectivity index (χ3n) is 4.40. The van der Waals surface area contributed by atoms with Crippen molar-refractivity contribution in [2.75, 3.05) is 14.2 Å². The average Bonchev–Trinajstić information content (AvgIpc) is 3.19. The standard InChI is InChI=1S/C20H20ClN3O/c1-22-12-11-20(25-2,18-7-9-19(21)10-8-18)17-5-3-15(4-6-17)16-13-23-24-14-16/h3-10,12-14H,11H2,1-2H3,(H,23,24). The SMILES string of the molecule is CN=CCC(OC)(c1ccc(Cl)cc1)c1ccc(-c2cn[nH]c2)cc1. The Bertz CT molecular complexity index is 826. The van der Waals surface area contributed by atoms with Gasteiger partial charge in [-0.3, -0.25) is 5.10 Å². The summed E-state index contributed by atoms with van der Waals surface area (Å²) in [5.74, 6) is 0. The number of nitrogens with zero attached hydrogens (tertiary/aromatic N) is 2. The van der Waals surface area contributed by atoms with Crippen molar-refractivity contribution < 1.29 is 4.74 Å². The molecule has 25 heavy (non-hydrogen) atoms. The molecule has 0 amide bonds. The minimum atomic E-state index is -0.612. The van der Waals surface area contributed by atoms with Gasteiger partial charge in [-0.15, -0.1) is 0 Å².